The Morgan fingerprint density at radius 2 is 2.25 bits per heavy atom. The van der Waals surface area contributed by atoms with E-state index in [0.717, 1.165) is 0 Å². The molecule has 1 aromatic carbocycles. The first-order chi connectivity index (χ1) is 9.52. The molecule has 6 heteroatoms. The van der Waals surface area contributed by atoms with E-state index >= 15 is 0 Å². The van der Waals surface area contributed by atoms with Crippen LogP contribution >= 0.6 is 11.6 Å². The van der Waals surface area contributed by atoms with Crippen LogP contribution in [0.25, 0.3) is 6.08 Å². The summed E-state index contributed by atoms with van der Waals surface area (Å²) < 4.78 is 4.72. The van der Waals surface area contributed by atoms with E-state index in [1.54, 1.807) is 31.2 Å². The summed E-state index contributed by atoms with van der Waals surface area (Å²) >= 11 is 5.85. The number of benzene rings is 1. The minimum Gasteiger partial charge on any atom is -0.505 e. The summed E-state index contributed by atoms with van der Waals surface area (Å²) in [6.07, 6.45) is 1.52. The van der Waals surface area contributed by atoms with Crippen LogP contribution in [0.1, 0.15) is 12.5 Å². The fourth-order valence-corrected chi connectivity index (χ4v) is 1.95. The van der Waals surface area contributed by atoms with Crippen LogP contribution < -0.4 is 5.32 Å². The van der Waals surface area contributed by atoms with Gasteiger partial charge in [0.25, 0.3) is 5.91 Å². The Bertz CT molecular complexity index is 634. The second-order valence-electron chi connectivity index (χ2n) is 4.01. The highest BCUT2D eigenvalue weighted by Gasteiger charge is 2.33. The quantitative estimate of drug-likeness (QED) is 0.661. The van der Waals surface area contributed by atoms with Gasteiger partial charge in [-0.3, -0.25) is 4.79 Å². The average Bonchev–Trinajstić information content (AvgIpc) is 2.65. The zero-order valence-electron chi connectivity index (χ0n) is 10.6. The van der Waals surface area contributed by atoms with Crippen molar-refractivity contribution in [1.82, 2.24) is 5.32 Å². The predicted octanol–water partition coefficient (Wildman–Crippen LogP) is 2.19. The second kappa shape index (κ2) is 5.79. The molecule has 1 aliphatic rings. The molecule has 2 rings (SSSR count). The Balaban J connectivity index is 2.36. The lowest BCUT2D eigenvalue weighted by Gasteiger charge is -2.00. The van der Waals surface area contributed by atoms with Crippen LogP contribution in [0.15, 0.2) is 41.3 Å². The van der Waals surface area contributed by atoms with Gasteiger partial charge in [0.15, 0.2) is 11.3 Å². The molecule has 1 aromatic rings. The highest BCUT2D eigenvalue weighted by molar-refractivity contribution is 6.30. The Morgan fingerprint density at radius 3 is 2.90 bits per heavy atom. The van der Waals surface area contributed by atoms with E-state index < -0.39 is 17.6 Å². The third-order valence-corrected chi connectivity index (χ3v) is 2.84. The number of rotatable bonds is 3. The number of aliphatic hydroxyl groups excluding tert-OH is 1. The molecule has 2 N–H and O–H groups in total. The summed E-state index contributed by atoms with van der Waals surface area (Å²) in [7, 11) is 0. The summed E-state index contributed by atoms with van der Waals surface area (Å²) in [5, 5.41) is 12.9. The molecule has 0 spiro atoms. The molecule has 0 saturated heterocycles. The van der Waals surface area contributed by atoms with Crippen LogP contribution in [0, 0.1) is 0 Å². The number of aliphatic hydroxyl groups is 1. The van der Waals surface area contributed by atoms with E-state index in [1.807, 2.05) is 0 Å². The molecular weight excluding hydrogens is 282 g/mol. The first-order valence-corrected chi connectivity index (χ1v) is 6.30. The zero-order valence-corrected chi connectivity index (χ0v) is 11.4. The number of halogens is 1. The minimum atomic E-state index is -0.850. The Labute approximate surface area is 120 Å². The molecule has 1 heterocycles. The number of carbonyl (C=O) groups is 2. The maximum atomic E-state index is 11.7. The summed E-state index contributed by atoms with van der Waals surface area (Å²) in [5.41, 5.74) is 0.435. The predicted molar refractivity (Wildman–Crippen MR) is 73.9 cm³/mol. The Morgan fingerprint density at radius 1 is 1.50 bits per heavy atom. The van der Waals surface area contributed by atoms with Crippen molar-refractivity contribution in [2.24, 2.45) is 0 Å². The lowest BCUT2D eigenvalue weighted by molar-refractivity contribution is -0.140. The molecular formula is C14H12ClNO4. The summed E-state index contributed by atoms with van der Waals surface area (Å²) in [5.74, 6) is -1.96. The molecule has 0 bridgehead atoms. The average molecular weight is 294 g/mol. The van der Waals surface area contributed by atoms with E-state index in [1.165, 1.54) is 6.08 Å². The lowest BCUT2D eigenvalue weighted by atomic mass is 10.1. The van der Waals surface area contributed by atoms with Gasteiger partial charge in [0, 0.05) is 5.02 Å². The molecule has 0 aliphatic carbocycles. The summed E-state index contributed by atoms with van der Waals surface area (Å²) in [4.78, 5) is 23.2. The van der Waals surface area contributed by atoms with Gasteiger partial charge in [-0.1, -0.05) is 23.7 Å². The molecule has 0 fully saturated rings. The SMILES string of the molecule is CCOC(=O)C1=C(O)/C(=C/c2cccc(Cl)c2)NC1=O. The number of hydrogen-bond donors (Lipinski definition) is 2. The molecule has 0 aromatic heterocycles. The summed E-state index contributed by atoms with van der Waals surface area (Å²) in [6, 6.07) is 6.85. The van der Waals surface area contributed by atoms with Gasteiger partial charge < -0.3 is 15.2 Å². The minimum absolute atomic E-state index is 0.121. The topological polar surface area (TPSA) is 75.6 Å². The normalized spacial score (nSPS) is 16.5. The number of nitrogens with one attached hydrogen (secondary N) is 1. The maximum Gasteiger partial charge on any atom is 0.347 e. The fourth-order valence-electron chi connectivity index (χ4n) is 1.75. The molecule has 20 heavy (non-hydrogen) atoms. The van der Waals surface area contributed by atoms with Crippen LogP contribution in [0.3, 0.4) is 0 Å². The van der Waals surface area contributed by atoms with Crippen molar-refractivity contribution >= 4 is 29.6 Å². The summed E-state index contributed by atoms with van der Waals surface area (Å²) in [6.45, 7) is 1.74. The molecule has 0 unspecified atom stereocenters. The van der Waals surface area contributed by atoms with Crippen LogP contribution in [0.5, 0.6) is 0 Å². The van der Waals surface area contributed by atoms with Gasteiger partial charge >= 0.3 is 5.97 Å². The Hall–Kier alpha value is -2.27. The van der Waals surface area contributed by atoms with E-state index in [4.69, 9.17) is 16.3 Å². The molecule has 0 atom stereocenters. The van der Waals surface area contributed by atoms with Crippen LogP contribution in [0.2, 0.25) is 5.02 Å². The van der Waals surface area contributed by atoms with Gasteiger partial charge in [0.1, 0.15) is 0 Å². The standard InChI is InChI=1S/C14H12ClNO4/c1-2-20-14(19)11-12(17)10(16-13(11)18)7-8-4-3-5-9(15)6-8/h3-7,17H,2H2,1H3,(H,16,18)/b10-7-. The highest BCUT2D eigenvalue weighted by Crippen LogP contribution is 2.22. The zero-order chi connectivity index (χ0) is 14.7. The van der Waals surface area contributed by atoms with Gasteiger partial charge in [-0.2, -0.15) is 0 Å². The largest absolute Gasteiger partial charge is 0.505 e. The number of hydrogen-bond acceptors (Lipinski definition) is 4. The first kappa shape index (κ1) is 14.1. The molecule has 1 aliphatic heterocycles. The third-order valence-electron chi connectivity index (χ3n) is 2.61. The van der Waals surface area contributed by atoms with Gasteiger partial charge in [0.05, 0.1) is 12.3 Å². The van der Waals surface area contributed by atoms with Gasteiger partial charge in [-0.05, 0) is 30.7 Å². The molecule has 104 valence electrons. The van der Waals surface area contributed by atoms with Crippen molar-refractivity contribution in [1.29, 1.82) is 0 Å². The van der Waals surface area contributed by atoms with Crippen molar-refractivity contribution in [3.05, 3.63) is 51.9 Å². The van der Waals surface area contributed by atoms with Gasteiger partial charge in [-0.15, -0.1) is 0 Å². The maximum absolute atomic E-state index is 11.7. The van der Waals surface area contributed by atoms with E-state index in [-0.39, 0.29) is 17.9 Å². The van der Waals surface area contributed by atoms with Gasteiger partial charge in [-0.25, -0.2) is 4.79 Å². The van der Waals surface area contributed by atoms with Crippen LogP contribution in [-0.4, -0.2) is 23.6 Å². The Kier molecular flexibility index (Phi) is 4.10. The van der Waals surface area contributed by atoms with E-state index in [0.29, 0.717) is 10.6 Å². The van der Waals surface area contributed by atoms with E-state index in [2.05, 4.69) is 5.32 Å². The van der Waals surface area contributed by atoms with Crippen LogP contribution in [0.4, 0.5) is 0 Å². The van der Waals surface area contributed by atoms with E-state index in [9.17, 15) is 14.7 Å². The van der Waals surface area contributed by atoms with Crippen molar-refractivity contribution in [3.63, 3.8) is 0 Å². The van der Waals surface area contributed by atoms with Crippen molar-refractivity contribution in [2.75, 3.05) is 6.61 Å². The fraction of sp³-hybridized carbons (Fsp3) is 0.143. The number of carbonyl (C=O) groups excluding carboxylic acids is 2. The molecule has 1 amide bonds. The van der Waals surface area contributed by atoms with Crippen molar-refractivity contribution in [2.45, 2.75) is 6.92 Å². The first-order valence-electron chi connectivity index (χ1n) is 5.92. The smallest absolute Gasteiger partial charge is 0.347 e. The third kappa shape index (κ3) is 2.83. The number of ether oxygens (including phenoxy) is 1. The molecule has 0 saturated carbocycles. The van der Waals surface area contributed by atoms with Crippen molar-refractivity contribution in [3.8, 4) is 0 Å². The molecule has 0 radical (unpaired) electrons. The number of amides is 1. The second-order valence-corrected chi connectivity index (χ2v) is 4.45. The van der Waals surface area contributed by atoms with Gasteiger partial charge in [0.2, 0.25) is 0 Å². The lowest BCUT2D eigenvalue weighted by Crippen LogP contribution is -2.21. The number of esters is 1. The monoisotopic (exact) mass is 293 g/mol. The molecule has 5 nitrogen and oxygen atoms in total. The van der Waals surface area contributed by atoms with Crippen LogP contribution in [-0.2, 0) is 14.3 Å². The van der Waals surface area contributed by atoms with Crippen molar-refractivity contribution < 1.29 is 19.4 Å². The highest BCUT2D eigenvalue weighted by atomic mass is 35.5.